The zero-order valence-electron chi connectivity index (χ0n) is 8.22. The second kappa shape index (κ2) is 5.29. The first-order valence-corrected chi connectivity index (χ1v) is 6.24. The molecule has 8 heteroatoms. The third-order valence-corrected chi connectivity index (χ3v) is 3.43. The molecular formula is C7H15N3O4S. The van der Waals surface area contributed by atoms with Crippen molar-refractivity contribution < 1.29 is 18.4 Å². The van der Waals surface area contributed by atoms with Gasteiger partial charge in [0.2, 0.25) is 10.0 Å². The second-order valence-corrected chi connectivity index (χ2v) is 5.18. The Bertz CT molecular complexity index is 321. The molecule has 0 amide bonds. The number of nitrogens with zero attached hydrogens (tertiary/aromatic N) is 1. The molecule has 1 aliphatic heterocycles. The minimum atomic E-state index is -3.42. The first kappa shape index (κ1) is 12.2. The van der Waals surface area contributed by atoms with Crippen molar-refractivity contribution >= 4 is 15.9 Å². The van der Waals surface area contributed by atoms with Crippen LogP contribution in [0.2, 0.25) is 0 Å². The molecule has 15 heavy (non-hydrogen) atoms. The number of rotatable bonds is 5. The average Bonchev–Trinajstić information content (AvgIpc) is 2.66. The summed E-state index contributed by atoms with van der Waals surface area (Å²) in [4.78, 5) is 0. The van der Waals surface area contributed by atoms with Gasteiger partial charge in [-0.2, -0.15) is 0 Å². The highest BCUT2D eigenvalue weighted by atomic mass is 32.2. The molecule has 0 aliphatic carbocycles. The maximum absolute atomic E-state index is 11.4. The predicted molar refractivity (Wildman–Crippen MR) is 54.2 cm³/mol. The minimum absolute atomic E-state index is 0.0777. The van der Waals surface area contributed by atoms with Gasteiger partial charge < -0.3 is 15.7 Å². The van der Waals surface area contributed by atoms with E-state index in [9.17, 15) is 8.42 Å². The van der Waals surface area contributed by atoms with E-state index in [2.05, 4.69) is 9.88 Å². The van der Waals surface area contributed by atoms with Crippen LogP contribution in [0.5, 0.6) is 0 Å². The first-order chi connectivity index (χ1) is 7.03. The van der Waals surface area contributed by atoms with Crippen molar-refractivity contribution in [2.75, 3.05) is 18.9 Å². The molecule has 1 heterocycles. The van der Waals surface area contributed by atoms with Gasteiger partial charge in [-0.1, -0.05) is 5.16 Å². The van der Waals surface area contributed by atoms with Crippen molar-refractivity contribution in [1.29, 1.82) is 0 Å². The molecule has 1 rings (SSSR count). The third kappa shape index (κ3) is 4.45. The Kier molecular flexibility index (Phi) is 4.30. The predicted octanol–water partition coefficient (Wildman–Crippen LogP) is -1.17. The minimum Gasteiger partial charge on any atom is -0.409 e. The molecule has 1 saturated heterocycles. The highest BCUT2D eigenvalue weighted by Gasteiger charge is 2.23. The molecule has 0 bridgehead atoms. The summed E-state index contributed by atoms with van der Waals surface area (Å²) >= 11 is 0. The summed E-state index contributed by atoms with van der Waals surface area (Å²) in [5, 5.41) is 10.9. The molecule has 0 spiro atoms. The van der Waals surface area contributed by atoms with E-state index in [0.717, 1.165) is 12.8 Å². The smallest absolute Gasteiger partial charge is 0.214 e. The van der Waals surface area contributed by atoms with Crippen molar-refractivity contribution in [1.82, 2.24) is 4.72 Å². The van der Waals surface area contributed by atoms with E-state index < -0.39 is 10.0 Å². The van der Waals surface area contributed by atoms with Crippen LogP contribution in [-0.4, -0.2) is 44.5 Å². The number of hydrogen-bond donors (Lipinski definition) is 3. The summed E-state index contributed by atoms with van der Waals surface area (Å²) < 4.78 is 30.3. The number of ether oxygens (including phenoxy) is 1. The molecule has 4 N–H and O–H groups in total. The molecule has 0 aromatic rings. The van der Waals surface area contributed by atoms with Crippen LogP contribution >= 0.6 is 0 Å². The fourth-order valence-electron chi connectivity index (χ4n) is 1.30. The number of sulfonamides is 1. The molecule has 1 aliphatic rings. The topological polar surface area (TPSA) is 114 Å². The fourth-order valence-corrected chi connectivity index (χ4v) is 2.54. The Morgan fingerprint density at radius 1 is 1.67 bits per heavy atom. The summed E-state index contributed by atoms with van der Waals surface area (Å²) in [5.74, 6) is -0.253. The molecule has 1 fully saturated rings. The molecule has 1 atom stereocenters. The van der Waals surface area contributed by atoms with Gasteiger partial charge in [0.05, 0.1) is 18.4 Å². The SMILES string of the molecule is NC(CNS(=O)(=O)CC1CCCO1)=NO. The van der Waals surface area contributed by atoms with Gasteiger partial charge in [0.1, 0.15) is 0 Å². The number of amidine groups is 1. The van der Waals surface area contributed by atoms with Gasteiger partial charge in [-0.25, -0.2) is 13.1 Å². The quantitative estimate of drug-likeness (QED) is 0.241. The van der Waals surface area contributed by atoms with Crippen LogP contribution in [0.1, 0.15) is 12.8 Å². The number of nitrogens with one attached hydrogen (secondary N) is 1. The summed E-state index contributed by atoms with van der Waals surface area (Å²) in [5.41, 5.74) is 5.13. The monoisotopic (exact) mass is 237 g/mol. The van der Waals surface area contributed by atoms with E-state index >= 15 is 0 Å². The fraction of sp³-hybridized carbons (Fsp3) is 0.857. The largest absolute Gasteiger partial charge is 0.409 e. The lowest BCUT2D eigenvalue weighted by Crippen LogP contribution is -2.37. The van der Waals surface area contributed by atoms with Gasteiger partial charge in [-0.05, 0) is 12.8 Å². The first-order valence-electron chi connectivity index (χ1n) is 4.59. The highest BCUT2D eigenvalue weighted by Crippen LogP contribution is 2.13. The Morgan fingerprint density at radius 3 is 2.93 bits per heavy atom. The second-order valence-electron chi connectivity index (χ2n) is 3.33. The van der Waals surface area contributed by atoms with Gasteiger partial charge in [0.25, 0.3) is 0 Å². The molecule has 1 unspecified atom stereocenters. The van der Waals surface area contributed by atoms with E-state index in [1.165, 1.54) is 0 Å². The van der Waals surface area contributed by atoms with Gasteiger partial charge in [0, 0.05) is 6.61 Å². The standard InChI is InChI=1S/C7H15N3O4S/c8-7(10-11)4-9-15(12,13)5-6-2-1-3-14-6/h6,9,11H,1-5H2,(H2,8,10). The number of nitrogens with two attached hydrogens (primary N) is 1. The zero-order chi connectivity index (χ0) is 11.3. The van der Waals surface area contributed by atoms with Crippen molar-refractivity contribution in [3.8, 4) is 0 Å². The lowest BCUT2D eigenvalue weighted by Gasteiger charge is -2.10. The van der Waals surface area contributed by atoms with E-state index in [1.807, 2.05) is 0 Å². The van der Waals surface area contributed by atoms with Crippen LogP contribution in [0.4, 0.5) is 0 Å². The van der Waals surface area contributed by atoms with E-state index in [0.29, 0.717) is 6.61 Å². The average molecular weight is 237 g/mol. The van der Waals surface area contributed by atoms with Gasteiger partial charge in [-0.3, -0.25) is 0 Å². The number of hydrogen-bond acceptors (Lipinski definition) is 5. The molecule has 88 valence electrons. The van der Waals surface area contributed by atoms with Gasteiger partial charge in [0.15, 0.2) is 5.84 Å². The maximum atomic E-state index is 11.4. The van der Waals surface area contributed by atoms with Crippen LogP contribution in [0.15, 0.2) is 5.16 Å². The summed E-state index contributed by atoms with van der Waals surface area (Å²) in [7, 11) is -3.42. The van der Waals surface area contributed by atoms with Crippen molar-refractivity contribution in [2.24, 2.45) is 10.9 Å². The summed E-state index contributed by atoms with van der Waals surface area (Å²) in [6.45, 7) is 0.423. The van der Waals surface area contributed by atoms with Crippen molar-refractivity contribution in [3.05, 3.63) is 0 Å². The Morgan fingerprint density at radius 2 is 2.40 bits per heavy atom. The third-order valence-electron chi connectivity index (χ3n) is 2.03. The van der Waals surface area contributed by atoms with E-state index in [-0.39, 0.29) is 24.2 Å². The van der Waals surface area contributed by atoms with Crippen LogP contribution in [-0.2, 0) is 14.8 Å². The van der Waals surface area contributed by atoms with Crippen LogP contribution in [0.3, 0.4) is 0 Å². The Labute approximate surface area is 88.3 Å². The maximum Gasteiger partial charge on any atom is 0.214 e. The zero-order valence-corrected chi connectivity index (χ0v) is 9.03. The highest BCUT2D eigenvalue weighted by molar-refractivity contribution is 7.89. The van der Waals surface area contributed by atoms with Crippen LogP contribution < -0.4 is 10.5 Å². The number of oxime groups is 1. The lowest BCUT2D eigenvalue weighted by atomic mass is 10.3. The Balaban J connectivity index is 2.37. The molecule has 0 aromatic heterocycles. The van der Waals surface area contributed by atoms with Gasteiger partial charge in [-0.15, -0.1) is 0 Å². The molecular weight excluding hydrogens is 222 g/mol. The Hall–Kier alpha value is -0.860. The lowest BCUT2D eigenvalue weighted by molar-refractivity contribution is 0.127. The molecule has 7 nitrogen and oxygen atoms in total. The summed E-state index contributed by atoms with van der Waals surface area (Å²) in [6.07, 6.45) is 1.40. The summed E-state index contributed by atoms with van der Waals surface area (Å²) in [6, 6.07) is 0. The van der Waals surface area contributed by atoms with Gasteiger partial charge >= 0.3 is 0 Å². The van der Waals surface area contributed by atoms with Crippen molar-refractivity contribution in [3.63, 3.8) is 0 Å². The molecule has 0 radical (unpaired) electrons. The normalized spacial score (nSPS) is 23.2. The molecule has 0 aromatic carbocycles. The van der Waals surface area contributed by atoms with Crippen LogP contribution in [0.25, 0.3) is 0 Å². The van der Waals surface area contributed by atoms with E-state index in [1.54, 1.807) is 0 Å². The van der Waals surface area contributed by atoms with E-state index in [4.69, 9.17) is 15.7 Å². The van der Waals surface area contributed by atoms with Crippen LogP contribution in [0, 0.1) is 0 Å². The molecule has 0 saturated carbocycles. The van der Waals surface area contributed by atoms with Crippen molar-refractivity contribution in [2.45, 2.75) is 18.9 Å².